The van der Waals surface area contributed by atoms with Crippen molar-refractivity contribution in [2.45, 2.75) is 0 Å². The summed E-state index contributed by atoms with van der Waals surface area (Å²) in [7, 11) is 0. The molecule has 0 spiro atoms. The molecule has 4 aromatic rings. The third-order valence-corrected chi connectivity index (χ3v) is 4.06. The average Bonchev–Trinajstić information content (AvgIpc) is 3.04. The minimum Gasteiger partial charge on any atom is -0.508 e. The van der Waals surface area contributed by atoms with Gasteiger partial charge in [0.2, 0.25) is 0 Å². The van der Waals surface area contributed by atoms with Crippen LogP contribution in [0.2, 0.25) is 0 Å². The highest BCUT2D eigenvalue weighted by Crippen LogP contribution is 2.24. The monoisotopic (exact) mass is 364 g/mol. The Hall–Kier alpha value is -3.94. The molecule has 27 heavy (non-hydrogen) atoms. The number of carbonyl (C=O) groups excluding carboxylic acids is 1. The number of aromatic amines is 1. The number of rotatable bonds is 3. The smallest absolute Gasteiger partial charge is 0.258 e. The van der Waals surface area contributed by atoms with Crippen molar-refractivity contribution in [2.75, 3.05) is 5.32 Å². The van der Waals surface area contributed by atoms with Gasteiger partial charge in [-0.2, -0.15) is 5.10 Å². The second-order valence-electron chi connectivity index (χ2n) is 5.83. The first-order valence-electron chi connectivity index (χ1n) is 7.99. The molecule has 0 saturated heterocycles. The second-order valence-corrected chi connectivity index (χ2v) is 5.83. The van der Waals surface area contributed by atoms with E-state index in [1.165, 1.54) is 48.7 Å². The van der Waals surface area contributed by atoms with Gasteiger partial charge < -0.3 is 10.4 Å². The van der Waals surface area contributed by atoms with Crippen LogP contribution >= 0.6 is 0 Å². The number of phenolic OH excluding ortho intramolecular Hbond substituents is 1. The number of H-pyrrole nitrogens is 1. The number of phenols is 1. The summed E-state index contributed by atoms with van der Waals surface area (Å²) in [5.74, 6) is -0.739. The van der Waals surface area contributed by atoms with Crippen molar-refractivity contribution >= 4 is 22.6 Å². The van der Waals surface area contributed by atoms with Gasteiger partial charge in [-0.1, -0.05) is 12.1 Å². The minimum absolute atomic E-state index is 0.0536. The van der Waals surface area contributed by atoms with Crippen molar-refractivity contribution in [3.05, 3.63) is 82.5 Å². The number of aromatic nitrogens is 3. The van der Waals surface area contributed by atoms with Crippen LogP contribution in [0, 0.1) is 5.82 Å². The zero-order valence-electron chi connectivity index (χ0n) is 13.8. The van der Waals surface area contributed by atoms with Crippen LogP contribution in [-0.4, -0.2) is 25.8 Å². The fourth-order valence-corrected chi connectivity index (χ4v) is 2.74. The molecule has 0 aliphatic rings. The Kier molecular flexibility index (Phi) is 3.92. The van der Waals surface area contributed by atoms with Crippen molar-refractivity contribution in [1.82, 2.24) is 14.8 Å². The van der Waals surface area contributed by atoms with Crippen molar-refractivity contribution < 1.29 is 14.3 Å². The molecule has 1 amide bonds. The van der Waals surface area contributed by atoms with E-state index >= 15 is 0 Å². The molecule has 134 valence electrons. The van der Waals surface area contributed by atoms with Crippen LogP contribution in [0.3, 0.4) is 0 Å². The third kappa shape index (κ3) is 3.04. The number of halogens is 1. The fourth-order valence-electron chi connectivity index (χ4n) is 2.74. The first-order valence-corrected chi connectivity index (χ1v) is 7.99. The third-order valence-electron chi connectivity index (χ3n) is 4.06. The van der Waals surface area contributed by atoms with E-state index in [1.54, 1.807) is 12.1 Å². The van der Waals surface area contributed by atoms with E-state index in [0.717, 1.165) is 4.57 Å². The van der Waals surface area contributed by atoms with Gasteiger partial charge in [-0.05, 0) is 30.3 Å². The Bertz CT molecular complexity index is 1230. The van der Waals surface area contributed by atoms with Crippen LogP contribution in [0.1, 0.15) is 10.4 Å². The fraction of sp³-hybridized carbons (Fsp3) is 0. The topological polar surface area (TPSA) is 100 Å². The number of nitrogens with one attached hydrogen (secondary N) is 2. The number of anilines is 1. The summed E-state index contributed by atoms with van der Waals surface area (Å²) in [5, 5.41) is 19.5. The van der Waals surface area contributed by atoms with E-state index in [1.807, 2.05) is 0 Å². The molecule has 7 nitrogen and oxygen atoms in total. The lowest BCUT2D eigenvalue weighted by Crippen LogP contribution is -2.21. The van der Waals surface area contributed by atoms with Crippen molar-refractivity contribution in [1.29, 1.82) is 0 Å². The molecule has 0 unspecified atom stereocenters. The Balaban J connectivity index is 1.69. The highest BCUT2D eigenvalue weighted by molar-refractivity contribution is 6.07. The number of aromatic hydroxyl groups is 1. The first-order chi connectivity index (χ1) is 13.0. The number of hydrogen-bond donors (Lipinski definition) is 3. The lowest BCUT2D eigenvalue weighted by molar-refractivity contribution is 0.102. The molecule has 0 radical (unpaired) electrons. The number of benzene rings is 2. The summed E-state index contributed by atoms with van der Waals surface area (Å²) >= 11 is 0. The molecule has 2 heterocycles. The first kappa shape index (κ1) is 16.5. The van der Waals surface area contributed by atoms with Gasteiger partial charge in [-0.15, -0.1) is 0 Å². The van der Waals surface area contributed by atoms with E-state index < -0.39 is 17.3 Å². The quantitative estimate of drug-likeness (QED) is 0.520. The minimum atomic E-state index is -0.574. The van der Waals surface area contributed by atoms with E-state index in [-0.39, 0.29) is 22.8 Å². The summed E-state index contributed by atoms with van der Waals surface area (Å²) in [6.07, 6.45) is 1.27. The molecule has 2 aromatic heterocycles. The Morgan fingerprint density at radius 1 is 1.15 bits per heavy atom. The molecule has 2 aromatic carbocycles. The molecule has 0 atom stereocenters. The molecule has 0 aliphatic carbocycles. The van der Waals surface area contributed by atoms with Gasteiger partial charge in [-0.25, -0.2) is 4.39 Å². The van der Waals surface area contributed by atoms with Crippen LogP contribution in [-0.2, 0) is 0 Å². The normalized spacial score (nSPS) is 10.9. The van der Waals surface area contributed by atoms with E-state index in [9.17, 15) is 19.1 Å². The van der Waals surface area contributed by atoms with E-state index in [2.05, 4.69) is 15.5 Å². The predicted octanol–water partition coefficient (Wildman–Crippen LogP) is 2.81. The van der Waals surface area contributed by atoms with Crippen molar-refractivity contribution in [3.63, 3.8) is 0 Å². The highest BCUT2D eigenvalue weighted by atomic mass is 19.1. The van der Waals surface area contributed by atoms with Gasteiger partial charge in [0.15, 0.2) is 5.82 Å². The van der Waals surface area contributed by atoms with Crippen LogP contribution in [0.15, 0.2) is 65.6 Å². The summed E-state index contributed by atoms with van der Waals surface area (Å²) in [5.41, 5.74) is 0.310. The van der Waals surface area contributed by atoms with Crippen LogP contribution in [0.25, 0.3) is 16.6 Å². The molecular formula is C19H13FN4O3. The molecule has 0 bridgehead atoms. The number of carbonyl (C=O) groups is 1. The van der Waals surface area contributed by atoms with Crippen LogP contribution in [0.4, 0.5) is 10.2 Å². The SMILES string of the molecule is O=C(Nc1n[nH]c2cc(O)ccc12)c1ccc(=O)n(-c2ccccc2F)c1. The Morgan fingerprint density at radius 2 is 1.96 bits per heavy atom. The molecule has 0 fully saturated rings. The van der Waals surface area contributed by atoms with E-state index in [0.29, 0.717) is 10.9 Å². The molecule has 8 heteroatoms. The van der Waals surface area contributed by atoms with Gasteiger partial charge in [0.05, 0.1) is 16.8 Å². The van der Waals surface area contributed by atoms with Gasteiger partial charge in [0.1, 0.15) is 11.6 Å². The maximum Gasteiger partial charge on any atom is 0.258 e. The number of para-hydroxylation sites is 1. The van der Waals surface area contributed by atoms with Crippen LogP contribution in [0.5, 0.6) is 5.75 Å². The van der Waals surface area contributed by atoms with Crippen molar-refractivity contribution in [3.8, 4) is 11.4 Å². The summed E-state index contributed by atoms with van der Waals surface area (Å²) in [6.45, 7) is 0. The number of amides is 1. The number of fused-ring (bicyclic) bond motifs is 1. The molecular weight excluding hydrogens is 351 g/mol. The van der Waals surface area contributed by atoms with Gasteiger partial charge >= 0.3 is 0 Å². The molecule has 3 N–H and O–H groups in total. The largest absolute Gasteiger partial charge is 0.508 e. The Morgan fingerprint density at radius 3 is 2.78 bits per heavy atom. The second kappa shape index (κ2) is 6.41. The molecule has 0 aliphatic heterocycles. The summed E-state index contributed by atoms with van der Waals surface area (Å²) in [4.78, 5) is 24.7. The summed E-state index contributed by atoms with van der Waals surface area (Å²) in [6, 6.07) is 12.9. The standard InChI is InChI=1S/C19H13FN4O3/c20-14-3-1-2-4-16(14)24-10-11(5-8-17(24)26)19(27)21-18-13-7-6-12(25)9-15(13)22-23-18/h1-10,25H,(H2,21,22,23,27). The van der Waals surface area contributed by atoms with E-state index in [4.69, 9.17) is 0 Å². The lowest BCUT2D eigenvalue weighted by Gasteiger charge is -2.09. The molecule has 0 saturated carbocycles. The lowest BCUT2D eigenvalue weighted by atomic mass is 10.2. The predicted molar refractivity (Wildman–Crippen MR) is 97.7 cm³/mol. The zero-order valence-corrected chi connectivity index (χ0v) is 13.8. The zero-order chi connectivity index (χ0) is 19.0. The number of hydrogen-bond acceptors (Lipinski definition) is 4. The van der Waals surface area contributed by atoms with Crippen molar-refractivity contribution in [2.24, 2.45) is 0 Å². The molecule has 4 rings (SSSR count). The van der Waals surface area contributed by atoms with Gasteiger partial charge in [-0.3, -0.25) is 19.3 Å². The number of nitrogens with zero attached hydrogens (tertiary/aromatic N) is 2. The van der Waals surface area contributed by atoms with Crippen LogP contribution < -0.4 is 10.9 Å². The van der Waals surface area contributed by atoms with Gasteiger partial charge in [0, 0.05) is 23.7 Å². The highest BCUT2D eigenvalue weighted by Gasteiger charge is 2.14. The maximum absolute atomic E-state index is 14.0. The average molecular weight is 364 g/mol. The summed E-state index contributed by atoms with van der Waals surface area (Å²) < 4.78 is 15.1. The Labute approximate surface area is 151 Å². The van der Waals surface area contributed by atoms with Gasteiger partial charge in [0.25, 0.3) is 11.5 Å². The maximum atomic E-state index is 14.0. The number of pyridine rings is 1.